The number of nitrogens with zero attached hydrogens (tertiary/aromatic N) is 5. The number of carbonyl (C=O) groups excluding carboxylic acids is 3. The minimum atomic E-state index is -4.52. The van der Waals surface area contributed by atoms with Crippen molar-refractivity contribution in [2.24, 2.45) is 0 Å². The van der Waals surface area contributed by atoms with Crippen molar-refractivity contribution < 1.29 is 32.3 Å². The summed E-state index contributed by atoms with van der Waals surface area (Å²) >= 11 is 0. The van der Waals surface area contributed by atoms with Gasteiger partial charge in [0.15, 0.2) is 5.82 Å². The first-order valence-electron chi connectivity index (χ1n) is 17.1. The number of morpholine rings is 1. The van der Waals surface area contributed by atoms with Crippen LogP contribution >= 0.6 is 0 Å². The van der Waals surface area contributed by atoms with E-state index in [-0.39, 0.29) is 39.8 Å². The van der Waals surface area contributed by atoms with Crippen molar-refractivity contribution in [1.29, 1.82) is 0 Å². The van der Waals surface area contributed by atoms with Gasteiger partial charge in [0.1, 0.15) is 0 Å². The molecule has 1 fully saturated rings. The lowest BCUT2D eigenvalue weighted by Gasteiger charge is -2.28. The summed E-state index contributed by atoms with van der Waals surface area (Å²) < 4.78 is 45.1. The number of aromatic nitrogens is 2. The minimum Gasteiger partial charge on any atom is -0.379 e. The van der Waals surface area contributed by atoms with Crippen molar-refractivity contribution in [3.63, 3.8) is 0 Å². The van der Waals surface area contributed by atoms with E-state index in [9.17, 15) is 27.6 Å². The Morgan fingerprint density at radius 2 is 1.58 bits per heavy atom. The number of anilines is 3. The number of likely N-dealkylation sites (N-methyl/N-ethyl adjacent to an activating group) is 1. The lowest BCUT2D eigenvalue weighted by molar-refractivity contribution is -0.137. The molecule has 2 N–H and O–H groups in total. The van der Waals surface area contributed by atoms with Crippen LogP contribution in [-0.2, 0) is 10.9 Å². The summed E-state index contributed by atoms with van der Waals surface area (Å²) in [5.74, 6) is -1.24. The Kier molecular flexibility index (Phi) is 12.6. The predicted octanol–water partition coefficient (Wildman–Crippen LogP) is 6.31. The van der Waals surface area contributed by atoms with Crippen LogP contribution in [0.4, 0.5) is 30.2 Å². The first kappa shape index (κ1) is 37.9. The molecule has 0 saturated carbocycles. The summed E-state index contributed by atoms with van der Waals surface area (Å²) in [6, 6.07) is 16.3. The van der Waals surface area contributed by atoms with Crippen LogP contribution in [0, 0.1) is 0 Å². The van der Waals surface area contributed by atoms with Gasteiger partial charge in [0.2, 0.25) is 0 Å². The summed E-state index contributed by atoms with van der Waals surface area (Å²) in [5.41, 5.74) is 1.32. The summed E-state index contributed by atoms with van der Waals surface area (Å²) in [6.45, 7) is 9.70. The number of alkyl halides is 3. The highest BCUT2D eigenvalue weighted by atomic mass is 19.4. The molecule has 0 aliphatic carbocycles. The third kappa shape index (κ3) is 9.70. The van der Waals surface area contributed by atoms with Gasteiger partial charge in [0.05, 0.1) is 48.1 Å². The molecule has 3 aromatic carbocycles. The fraction of sp³-hybridized carbons (Fsp3) is 0.342. The van der Waals surface area contributed by atoms with Gasteiger partial charge in [0, 0.05) is 68.7 Å². The fourth-order valence-corrected chi connectivity index (χ4v) is 5.77. The maximum Gasteiger partial charge on any atom is 0.416 e. The Labute approximate surface area is 300 Å². The second-order valence-corrected chi connectivity index (χ2v) is 12.4. The number of benzene rings is 3. The zero-order chi connectivity index (χ0) is 37.3. The quantitative estimate of drug-likeness (QED) is 0.165. The van der Waals surface area contributed by atoms with Gasteiger partial charge in [-0.05, 0) is 61.9 Å². The Bertz CT molecular complexity index is 1860. The molecule has 0 radical (unpaired) electrons. The molecular formula is C38H42F3N7O4. The molecule has 1 aromatic heterocycles. The Morgan fingerprint density at radius 1 is 0.865 bits per heavy atom. The average molecular weight is 718 g/mol. The molecular weight excluding hydrogens is 675 g/mol. The lowest BCUT2D eigenvalue weighted by atomic mass is 10.1. The zero-order valence-electron chi connectivity index (χ0n) is 29.4. The van der Waals surface area contributed by atoms with Crippen LogP contribution in [-0.4, -0.2) is 97.0 Å². The number of halogens is 3. The SMILES string of the molecule is CCCN(CC)c1ccc(NC(=O)c2cccc(C(=O)N(C)CCN3CCOCC3)c2)c(C(=O)Nc2cnc(-c3cccc(C(F)(F)F)c3)nc2)c1. The molecule has 274 valence electrons. The Morgan fingerprint density at radius 3 is 2.27 bits per heavy atom. The van der Waals surface area contributed by atoms with Crippen LogP contribution in [0.3, 0.4) is 0 Å². The maximum atomic E-state index is 13.8. The van der Waals surface area contributed by atoms with Crippen molar-refractivity contribution in [3.8, 4) is 11.4 Å². The highest BCUT2D eigenvalue weighted by Gasteiger charge is 2.30. The van der Waals surface area contributed by atoms with Crippen LogP contribution in [0.15, 0.2) is 79.1 Å². The topological polar surface area (TPSA) is 120 Å². The van der Waals surface area contributed by atoms with Crippen molar-refractivity contribution in [2.45, 2.75) is 26.4 Å². The predicted molar refractivity (Wildman–Crippen MR) is 194 cm³/mol. The van der Waals surface area contributed by atoms with E-state index in [0.29, 0.717) is 38.4 Å². The van der Waals surface area contributed by atoms with Gasteiger partial charge in [-0.3, -0.25) is 19.3 Å². The van der Waals surface area contributed by atoms with Crippen molar-refractivity contribution in [3.05, 3.63) is 101 Å². The van der Waals surface area contributed by atoms with Crippen LogP contribution in [0.25, 0.3) is 11.4 Å². The van der Waals surface area contributed by atoms with Crippen molar-refractivity contribution in [1.82, 2.24) is 19.8 Å². The lowest BCUT2D eigenvalue weighted by Crippen LogP contribution is -2.41. The number of carbonyl (C=O) groups is 3. The first-order chi connectivity index (χ1) is 25.0. The van der Waals surface area contributed by atoms with Gasteiger partial charge >= 0.3 is 6.18 Å². The van der Waals surface area contributed by atoms with E-state index in [1.54, 1.807) is 42.3 Å². The van der Waals surface area contributed by atoms with E-state index in [1.807, 2.05) is 13.0 Å². The molecule has 2 heterocycles. The second kappa shape index (κ2) is 17.2. The molecule has 4 aromatic rings. The highest BCUT2D eigenvalue weighted by molar-refractivity contribution is 6.13. The molecule has 5 rings (SSSR count). The molecule has 1 aliphatic heterocycles. The van der Waals surface area contributed by atoms with Gasteiger partial charge in [-0.15, -0.1) is 0 Å². The normalized spacial score (nSPS) is 13.3. The third-order valence-corrected chi connectivity index (χ3v) is 8.67. The Balaban J connectivity index is 1.34. The smallest absolute Gasteiger partial charge is 0.379 e. The Hall–Kier alpha value is -5.34. The number of hydrogen-bond donors (Lipinski definition) is 2. The van der Waals surface area contributed by atoms with Gasteiger partial charge < -0.3 is 25.2 Å². The zero-order valence-corrected chi connectivity index (χ0v) is 29.4. The van der Waals surface area contributed by atoms with Gasteiger partial charge in [0.25, 0.3) is 17.7 Å². The van der Waals surface area contributed by atoms with Crippen molar-refractivity contribution >= 4 is 34.8 Å². The minimum absolute atomic E-state index is 0.0567. The maximum absolute atomic E-state index is 13.8. The number of hydrogen-bond acceptors (Lipinski definition) is 8. The molecule has 11 nitrogen and oxygen atoms in total. The van der Waals surface area contributed by atoms with Crippen LogP contribution in [0.2, 0.25) is 0 Å². The van der Waals surface area contributed by atoms with Gasteiger partial charge in [-0.2, -0.15) is 13.2 Å². The third-order valence-electron chi connectivity index (χ3n) is 8.67. The summed E-state index contributed by atoms with van der Waals surface area (Å²) in [4.78, 5) is 54.9. The molecule has 0 unspecified atom stereocenters. The molecule has 0 spiro atoms. The van der Waals surface area contributed by atoms with E-state index >= 15 is 0 Å². The van der Waals surface area contributed by atoms with E-state index in [4.69, 9.17) is 4.74 Å². The number of amides is 3. The van der Waals surface area contributed by atoms with Crippen LogP contribution in [0.1, 0.15) is 56.9 Å². The highest BCUT2D eigenvalue weighted by Crippen LogP contribution is 2.31. The van der Waals surface area contributed by atoms with E-state index in [1.165, 1.54) is 30.6 Å². The van der Waals surface area contributed by atoms with Gasteiger partial charge in [-0.1, -0.05) is 25.1 Å². The molecule has 0 bridgehead atoms. The second-order valence-electron chi connectivity index (χ2n) is 12.4. The summed E-state index contributed by atoms with van der Waals surface area (Å²) in [6.07, 6.45) is -1.03. The largest absolute Gasteiger partial charge is 0.416 e. The average Bonchev–Trinajstić information content (AvgIpc) is 3.16. The van der Waals surface area contributed by atoms with Crippen molar-refractivity contribution in [2.75, 3.05) is 75.1 Å². The molecule has 3 amide bonds. The summed E-state index contributed by atoms with van der Waals surface area (Å²) in [5, 5.41) is 5.58. The van der Waals surface area contributed by atoms with Crippen LogP contribution < -0.4 is 15.5 Å². The van der Waals surface area contributed by atoms with E-state index < -0.39 is 23.6 Å². The van der Waals surface area contributed by atoms with E-state index in [0.717, 1.165) is 43.9 Å². The molecule has 1 aliphatic rings. The fourth-order valence-electron chi connectivity index (χ4n) is 5.77. The monoisotopic (exact) mass is 717 g/mol. The van der Waals surface area contributed by atoms with E-state index in [2.05, 4.69) is 37.3 Å². The number of rotatable bonds is 13. The molecule has 0 atom stereocenters. The standard InChI is InChI=1S/C38H42F3N7O4/c1-4-14-48(5-2)31-12-13-33(45-35(49)27-9-6-10-28(21-27)37(51)46(3)15-16-47-17-19-52-20-18-47)32(23-31)36(50)44-30-24-42-34(43-25-30)26-8-7-11-29(22-26)38(39,40)41/h6-13,21-25H,4-5,14-20H2,1-3H3,(H,44,50)(H,45,49). The number of nitrogens with one attached hydrogen (secondary N) is 2. The summed E-state index contributed by atoms with van der Waals surface area (Å²) in [7, 11) is 1.73. The van der Waals surface area contributed by atoms with Gasteiger partial charge in [-0.25, -0.2) is 9.97 Å². The van der Waals surface area contributed by atoms with Crippen LogP contribution in [0.5, 0.6) is 0 Å². The number of ether oxygens (including phenoxy) is 1. The molecule has 1 saturated heterocycles. The molecule has 14 heteroatoms. The first-order valence-corrected chi connectivity index (χ1v) is 17.1. The molecule has 52 heavy (non-hydrogen) atoms.